The number of hydrogen-bond acceptors (Lipinski definition) is 5. The Morgan fingerprint density at radius 2 is 1.67 bits per heavy atom. The molecule has 4 rings (SSSR count). The first-order valence-electron chi connectivity index (χ1n) is 14.7. The number of allylic oxidation sites excluding steroid dienone is 2. The van der Waals surface area contributed by atoms with Crippen LogP contribution >= 0.6 is 0 Å². The highest BCUT2D eigenvalue weighted by Gasteiger charge is 2.39. The number of halogens is 3. The van der Waals surface area contributed by atoms with Gasteiger partial charge in [-0.1, -0.05) is 36.4 Å². The maximum absolute atomic E-state index is 13.2. The number of carbonyl (C=O) groups is 3. The zero-order valence-electron chi connectivity index (χ0n) is 24.3. The third-order valence-electron chi connectivity index (χ3n) is 8.17. The van der Waals surface area contributed by atoms with Gasteiger partial charge in [-0.25, -0.2) is 0 Å². The van der Waals surface area contributed by atoms with Crippen molar-refractivity contribution in [3.8, 4) is 0 Å². The Bertz CT molecular complexity index is 1180. The number of benzene rings is 1. The predicted molar refractivity (Wildman–Crippen MR) is 152 cm³/mol. The molecule has 1 aromatic rings. The number of amides is 3. The number of carbonyl (C=O) groups excluding carboxylic acids is 3. The summed E-state index contributed by atoms with van der Waals surface area (Å²) in [6.07, 6.45) is 6.59. The summed E-state index contributed by atoms with van der Waals surface area (Å²) in [6.45, 7) is 6.34. The number of hydrogen-bond donors (Lipinski definition) is 4. The lowest BCUT2D eigenvalue weighted by Gasteiger charge is -2.38. The first kappa shape index (κ1) is 31.7. The highest BCUT2D eigenvalue weighted by Crippen LogP contribution is 2.34. The monoisotopic (exact) mass is 590 g/mol. The van der Waals surface area contributed by atoms with Gasteiger partial charge in [0.2, 0.25) is 17.7 Å². The maximum Gasteiger partial charge on any atom is 0.416 e. The van der Waals surface area contributed by atoms with E-state index in [4.69, 9.17) is 4.74 Å². The van der Waals surface area contributed by atoms with Crippen molar-refractivity contribution in [2.24, 2.45) is 11.8 Å². The van der Waals surface area contributed by atoms with E-state index < -0.39 is 47.3 Å². The van der Waals surface area contributed by atoms with E-state index in [1.165, 1.54) is 19.1 Å². The summed E-state index contributed by atoms with van der Waals surface area (Å²) in [7, 11) is 0. The van der Waals surface area contributed by atoms with Crippen LogP contribution in [0.15, 0.2) is 48.6 Å². The molecule has 1 aliphatic heterocycles. The minimum atomic E-state index is -4.48. The third-order valence-corrected chi connectivity index (χ3v) is 8.17. The van der Waals surface area contributed by atoms with E-state index >= 15 is 0 Å². The fraction of sp³-hybridized carbons (Fsp3) is 0.581. The smallest absolute Gasteiger partial charge is 0.366 e. The molecule has 0 bridgehead atoms. The number of rotatable bonds is 3. The van der Waals surface area contributed by atoms with E-state index in [0.29, 0.717) is 25.1 Å². The Hall–Kier alpha value is -3.18. The molecule has 2 fully saturated rings. The van der Waals surface area contributed by atoms with E-state index in [0.717, 1.165) is 31.4 Å². The molecular weight excluding hydrogens is 549 g/mol. The van der Waals surface area contributed by atoms with E-state index in [1.54, 1.807) is 0 Å². The second kappa shape index (κ2) is 13.4. The lowest BCUT2D eigenvalue weighted by atomic mass is 9.82. The van der Waals surface area contributed by atoms with Gasteiger partial charge in [0, 0.05) is 25.4 Å². The van der Waals surface area contributed by atoms with Crippen LogP contribution in [0.25, 0.3) is 0 Å². The van der Waals surface area contributed by atoms with Crippen LogP contribution in [0.1, 0.15) is 57.6 Å². The number of nitrogens with one attached hydrogen (secondary N) is 4. The summed E-state index contributed by atoms with van der Waals surface area (Å²) in [5.41, 5.74) is -0.894. The molecule has 1 aromatic carbocycles. The van der Waals surface area contributed by atoms with Crippen LogP contribution in [0.5, 0.6) is 0 Å². The van der Waals surface area contributed by atoms with E-state index in [-0.39, 0.29) is 30.3 Å². The highest BCUT2D eigenvalue weighted by atomic mass is 19.4. The molecular formula is C31H41F3N4O4. The Balaban J connectivity index is 1.52. The lowest BCUT2D eigenvalue weighted by Crippen LogP contribution is -2.57. The van der Waals surface area contributed by atoms with Crippen molar-refractivity contribution in [3.63, 3.8) is 0 Å². The summed E-state index contributed by atoms with van der Waals surface area (Å²) in [6, 6.07) is 2.05. The topological polar surface area (TPSA) is 109 Å². The second-order valence-corrected chi connectivity index (χ2v) is 11.8. The van der Waals surface area contributed by atoms with Gasteiger partial charge in [0.25, 0.3) is 0 Å². The van der Waals surface area contributed by atoms with E-state index in [9.17, 15) is 27.6 Å². The highest BCUT2D eigenvalue weighted by molar-refractivity contribution is 5.93. The molecule has 4 N–H and O–H groups in total. The normalized spacial score (nSPS) is 32.1. The van der Waals surface area contributed by atoms with E-state index in [2.05, 4.69) is 27.3 Å². The molecule has 0 aromatic heterocycles. The molecule has 8 nitrogen and oxygen atoms in total. The van der Waals surface area contributed by atoms with Crippen LogP contribution in [0.4, 0.5) is 13.2 Å². The molecule has 1 heterocycles. The lowest BCUT2D eigenvalue weighted by molar-refractivity contribution is -0.137. The van der Waals surface area contributed by atoms with Gasteiger partial charge in [-0.05, 0) is 70.1 Å². The molecule has 3 aliphatic rings. The summed E-state index contributed by atoms with van der Waals surface area (Å²) >= 11 is 0. The number of fused-ring (bicyclic) bond motifs is 1. The Morgan fingerprint density at radius 3 is 2.33 bits per heavy atom. The van der Waals surface area contributed by atoms with Crippen LogP contribution in [0.2, 0.25) is 0 Å². The molecule has 1 saturated heterocycles. The Morgan fingerprint density at radius 1 is 0.952 bits per heavy atom. The van der Waals surface area contributed by atoms with Gasteiger partial charge in [-0.15, -0.1) is 0 Å². The molecule has 3 amide bonds. The van der Waals surface area contributed by atoms with Crippen molar-refractivity contribution in [1.82, 2.24) is 21.3 Å². The molecule has 0 radical (unpaired) electrons. The third kappa shape index (κ3) is 8.44. The predicted octanol–water partition coefficient (Wildman–Crippen LogP) is 3.42. The fourth-order valence-electron chi connectivity index (χ4n) is 5.54. The summed E-state index contributed by atoms with van der Waals surface area (Å²) in [5, 5.41) is 11.7. The average Bonchev–Trinajstić information content (AvgIpc) is 3.76. The molecule has 2 unspecified atom stereocenters. The van der Waals surface area contributed by atoms with Crippen LogP contribution in [-0.4, -0.2) is 60.6 Å². The molecule has 2 aliphatic carbocycles. The second-order valence-electron chi connectivity index (χ2n) is 11.8. The maximum atomic E-state index is 13.2. The van der Waals surface area contributed by atoms with Gasteiger partial charge in [-0.3, -0.25) is 14.4 Å². The first-order chi connectivity index (χ1) is 19.9. The first-order valence-corrected chi connectivity index (χ1v) is 14.7. The minimum Gasteiger partial charge on any atom is -0.366 e. The minimum absolute atomic E-state index is 0.0113. The van der Waals surface area contributed by atoms with Crippen LogP contribution in [0.3, 0.4) is 0 Å². The Labute approximate surface area is 244 Å². The van der Waals surface area contributed by atoms with Crippen molar-refractivity contribution in [1.29, 1.82) is 0 Å². The van der Waals surface area contributed by atoms with Gasteiger partial charge in [-0.2, -0.15) is 13.2 Å². The SMILES string of the molecule is C[C@@H]1CN[C@@H](C2CC2)C(=O)N[C@H](C)C(=O)N[C@H](Cc2ccc(C(F)(F)F)cc2)C(=O)NCCCC2C=CC=CC2(C)O1. The molecule has 1 saturated carbocycles. The van der Waals surface area contributed by atoms with Gasteiger partial charge in [0.05, 0.1) is 23.3 Å². The molecule has 230 valence electrons. The quantitative estimate of drug-likeness (QED) is 0.432. The average molecular weight is 591 g/mol. The molecule has 6 atom stereocenters. The van der Waals surface area contributed by atoms with Gasteiger partial charge in [0.15, 0.2) is 0 Å². The standard InChI is InChI=1S/C31H41F3N4O4/c1-19-18-36-26(22-11-12-22)29(41)37-20(2)27(39)38-25(17-21-9-13-24(14-10-21)31(32,33)34)28(40)35-16-6-8-23-7-4-5-15-30(23,3)42-19/h4-5,7,9-10,13-15,19-20,22-23,25-26,36H,6,8,11-12,16-18H2,1-3H3,(H,35,40)(H,37,41)(H,38,39)/t19-,20-,23?,25-,26+,30?/m1/s1. The van der Waals surface area contributed by atoms with Crippen molar-refractivity contribution < 1.29 is 32.3 Å². The zero-order chi connectivity index (χ0) is 30.5. The number of alkyl halides is 3. The Kier molecular flexibility index (Phi) is 10.1. The summed E-state index contributed by atoms with van der Waals surface area (Å²) in [5.74, 6) is -1.09. The van der Waals surface area contributed by atoms with Crippen molar-refractivity contribution in [3.05, 3.63) is 59.7 Å². The zero-order valence-corrected chi connectivity index (χ0v) is 24.3. The van der Waals surface area contributed by atoms with Gasteiger partial charge in [0.1, 0.15) is 12.1 Å². The van der Waals surface area contributed by atoms with Crippen LogP contribution in [-0.2, 0) is 31.7 Å². The van der Waals surface area contributed by atoms with Crippen molar-refractivity contribution in [2.75, 3.05) is 13.1 Å². The molecule has 11 heteroatoms. The fourth-order valence-corrected chi connectivity index (χ4v) is 5.54. The van der Waals surface area contributed by atoms with Crippen LogP contribution in [0, 0.1) is 11.8 Å². The van der Waals surface area contributed by atoms with Crippen molar-refractivity contribution in [2.45, 2.75) is 88.9 Å². The van der Waals surface area contributed by atoms with E-state index in [1.807, 2.05) is 32.1 Å². The summed E-state index contributed by atoms with van der Waals surface area (Å²) < 4.78 is 45.6. The van der Waals surface area contributed by atoms with Gasteiger partial charge >= 0.3 is 6.18 Å². The van der Waals surface area contributed by atoms with Crippen molar-refractivity contribution >= 4 is 17.7 Å². The van der Waals surface area contributed by atoms with Crippen LogP contribution < -0.4 is 21.3 Å². The van der Waals surface area contributed by atoms with Gasteiger partial charge < -0.3 is 26.0 Å². The summed E-state index contributed by atoms with van der Waals surface area (Å²) in [4.78, 5) is 39.6. The molecule has 42 heavy (non-hydrogen) atoms. The number of ether oxygens (including phenoxy) is 1. The largest absolute Gasteiger partial charge is 0.416 e. The molecule has 0 spiro atoms.